The lowest BCUT2D eigenvalue weighted by atomic mass is 9.84. The van der Waals surface area contributed by atoms with E-state index in [0.717, 1.165) is 6.54 Å². The van der Waals surface area contributed by atoms with Crippen LogP contribution in [0, 0.1) is 11.7 Å². The highest BCUT2D eigenvalue weighted by atomic mass is 127. The molecule has 1 rings (SSSR count). The second-order valence-corrected chi connectivity index (χ2v) is 5.84. The van der Waals surface area contributed by atoms with Gasteiger partial charge in [-0.25, -0.2) is 4.39 Å². The first-order valence-corrected chi connectivity index (χ1v) is 6.61. The summed E-state index contributed by atoms with van der Waals surface area (Å²) in [6.45, 7) is 9.36. The summed E-state index contributed by atoms with van der Waals surface area (Å²) in [5, 5.41) is 3.05. The Morgan fingerprint density at radius 2 is 1.95 bits per heavy atom. The van der Waals surface area contributed by atoms with Crippen molar-refractivity contribution in [2.24, 2.45) is 16.6 Å². The van der Waals surface area contributed by atoms with Crippen LogP contribution in [-0.2, 0) is 5.41 Å². The summed E-state index contributed by atoms with van der Waals surface area (Å²) in [7, 11) is 0. The zero-order chi connectivity index (χ0) is 14.5. The summed E-state index contributed by atoms with van der Waals surface area (Å²) < 4.78 is 13.8. The number of guanidine groups is 1. The highest BCUT2D eigenvalue weighted by Gasteiger charge is 2.23. The van der Waals surface area contributed by atoms with Crippen molar-refractivity contribution in [3.63, 3.8) is 0 Å². The summed E-state index contributed by atoms with van der Waals surface area (Å²) >= 11 is 0. The second-order valence-electron chi connectivity index (χ2n) is 5.84. The molecule has 1 aromatic rings. The average Bonchev–Trinajstić information content (AvgIpc) is 2.34. The number of nitrogens with zero attached hydrogens (tertiary/aromatic N) is 1. The van der Waals surface area contributed by atoms with E-state index in [1.807, 2.05) is 19.9 Å². The van der Waals surface area contributed by atoms with Gasteiger partial charge in [-0.1, -0.05) is 45.9 Å². The van der Waals surface area contributed by atoms with Crippen molar-refractivity contribution < 1.29 is 4.39 Å². The zero-order valence-electron chi connectivity index (χ0n) is 12.6. The first-order chi connectivity index (χ1) is 8.83. The molecule has 0 atom stereocenters. The van der Waals surface area contributed by atoms with Crippen LogP contribution in [0.3, 0.4) is 0 Å². The number of nitrogens with two attached hydrogens (primary N) is 1. The molecule has 0 bridgehead atoms. The van der Waals surface area contributed by atoms with E-state index in [1.165, 1.54) is 6.07 Å². The molecule has 1 aromatic carbocycles. The summed E-state index contributed by atoms with van der Waals surface area (Å²) in [6, 6.07) is 6.80. The van der Waals surface area contributed by atoms with E-state index in [9.17, 15) is 4.39 Å². The van der Waals surface area contributed by atoms with Crippen LogP contribution in [0.5, 0.6) is 0 Å². The Morgan fingerprint density at radius 1 is 1.35 bits per heavy atom. The molecular formula is C15H25FIN3. The van der Waals surface area contributed by atoms with Crippen molar-refractivity contribution in [1.29, 1.82) is 0 Å². The summed E-state index contributed by atoms with van der Waals surface area (Å²) in [4.78, 5) is 4.30. The Bertz CT molecular complexity index is 444. The fourth-order valence-electron chi connectivity index (χ4n) is 1.74. The number of hydrogen-bond donors (Lipinski definition) is 2. The molecule has 0 fully saturated rings. The van der Waals surface area contributed by atoms with E-state index in [-0.39, 0.29) is 35.2 Å². The van der Waals surface area contributed by atoms with Gasteiger partial charge in [-0.2, -0.15) is 0 Å². The van der Waals surface area contributed by atoms with E-state index in [0.29, 0.717) is 24.0 Å². The van der Waals surface area contributed by atoms with Crippen molar-refractivity contribution >= 4 is 29.9 Å². The molecular weight excluding hydrogens is 368 g/mol. The van der Waals surface area contributed by atoms with Crippen LogP contribution in [0.25, 0.3) is 0 Å². The lowest BCUT2D eigenvalue weighted by Gasteiger charge is -2.24. The standard InChI is InChI=1S/C15H24FN3.HI/c1-11(2)9-18-14(17)19-10-15(3,4)12-7-5-6-8-13(12)16;/h5-8,11H,9-10H2,1-4H3,(H3,17,18,19);1H. The fourth-order valence-corrected chi connectivity index (χ4v) is 1.74. The molecule has 20 heavy (non-hydrogen) atoms. The molecule has 0 aliphatic carbocycles. The topological polar surface area (TPSA) is 50.4 Å². The monoisotopic (exact) mass is 393 g/mol. The van der Waals surface area contributed by atoms with E-state index in [2.05, 4.69) is 24.2 Å². The summed E-state index contributed by atoms with van der Waals surface area (Å²) in [5.41, 5.74) is 6.07. The molecule has 0 spiro atoms. The minimum absolute atomic E-state index is 0. The number of halogens is 2. The van der Waals surface area contributed by atoms with Crippen LogP contribution in [-0.4, -0.2) is 19.0 Å². The third-order valence-corrected chi connectivity index (χ3v) is 2.94. The van der Waals surface area contributed by atoms with Gasteiger partial charge in [0.1, 0.15) is 5.82 Å². The largest absolute Gasteiger partial charge is 0.370 e. The molecule has 0 heterocycles. The highest BCUT2D eigenvalue weighted by Crippen LogP contribution is 2.25. The first-order valence-electron chi connectivity index (χ1n) is 6.61. The molecule has 0 saturated carbocycles. The smallest absolute Gasteiger partial charge is 0.188 e. The van der Waals surface area contributed by atoms with Crippen molar-refractivity contribution in [3.8, 4) is 0 Å². The molecule has 0 saturated heterocycles. The van der Waals surface area contributed by atoms with Crippen molar-refractivity contribution in [1.82, 2.24) is 5.32 Å². The summed E-state index contributed by atoms with van der Waals surface area (Å²) in [6.07, 6.45) is 0. The van der Waals surface area contributed by atoms with Gasteiger partial charge in [0.15, 0.2) is 5.96 Å². The highest BCUT2D eigenvalue weighted by molar-refractivity contribution is 14.0. The molecule has 114 valence electrons. The molecule has 0 amide bonds. The lowest BCUT2D eigenvalue weighted by molar-refractivity contribution is 0.492. The van der Waals surface area contributed by atoms with E-state index in [4.69, 9.17) is 5.73 Å². The Morgan fingerprint density at radius 3 is 2.50 bits per heavy atom. The van der Waals surface area contributed by atoms with Gasteiger partial charge in [-0.15, -0.1) is 24.0 Å². The maximum atomic E-state index is 13.8. The number of benzene rings is 1. The molecule has 0 aliphatic heterocycles. The Hall–Kier alpha value is -0.850. The van der Waals surface area contributed by atoms with Gasteiger partial charge >= 0.3 is 0 Å². The molecule has 0 aliphatic rings. The second kappa shape index (κ2) is 8.44. The Kier molecular flexibility index (Phi) is 8.08. The Labute approximate surface area is 138 Å². The third-order valence-electron chi connectivity index (χ3n) is 2.94. The van der Waals surface area contributed by atoms with Crippen molar-refractivity contribution in [2.45, 2.75) is 33.1 Å². The molecule has 0 aromatic heterocycles. The number of hydrogen-bond acceptors (Lipinski definition) is 1. The van der Waals surface area contributed by atoms with Gasteiger partial charge < -0.3 is 11.1 Å². The zero-order valence-corrected chi connectivity index (χ0v) is 14.9. The van der Waals surface area contributed by atoms with Gasteiger partial charge in [0.2, 0.25) is 0 Å². The van der Waals surface area contributed by atoms with Gasteiger partial charge in [0, 0.05) is 12.0 Å². The van der Waals surface area contributed by atoms with Crippen molar-refractivity contribution in [2.75, 3.05) is 13.1 Å². The van der Waals surface area contributed by atoms with Crippen LogP contribution in [0.15, 0.2) is 29.3 Å². The quantitative estimate of drug-likeness (QED) is 0.458. The van der Waals surface area contributed by atoms with E-state index >= 15 is 0 Å². The van der Waals surface area contributed by atoms with E-state index < -0.39 is 0 Å². The normalized spacial score (nSPS) is 12.2. The molecule has 5 heteroatoms. The van der Waals surface area contributed by atoms with Gasteiger partial charge in [0.25, 0.3) is 0 Å². The van der Waals surface area contributed by atoms with Crippen LogP contribution >= 0.6 is 24.0 Å². The third kappa shape index (κ3) is 6.07. The van der Waals surface area contributed by atoms with E-state index in [1.54, 1.807) is 12.1 Å². The summed E-state index contributed by atoms with van der Waals surface area (Å²) in [5.74, 6) is 0.725. The average molecular weight is 393 g/mol. The number of rotatable bonds is 5. The minimum Gasteiger partial charge on any atom is -0.370 e. The molecule has 0 radical (unpaired) electrons. The van der Waals surface area contributed by atoms with Gasteiger partial charge in [-0.05, 0) is 17.5 Å². The predicted molar refractivity (Wildman–Crippen MR) is 94.2 cm³/mol. The van der Waals surface area contributed by atoms with Crippen LogP contribution < -0.4 is 11.1 Å². The maximum Gasteiger partial charge on any atom is 0.188 e. The SMILES string of the molecule is CC(C)CNC(N)=NCC(C)(C)c1ccccc1F.I. The lowest BCUT2D eigenvalue weighted by Crippen LogP contribution is -2.36. The molecule has 0 unspecified atom stereocenters. The number of aliphatic imine (C=N–C) groups is 1. The van der Waals surface area contributed by atoms with Gasteiger partial charge in [0.05, 0.1) is 6.54 Å². The predicted octanol–water partition coefficient (Wildman–Crippen LogP) is 3.28. The van der Waals surface area contributed by atoms with Gasteiger partial charge in [-0.3, -0.25) is 4.99 Å². The molecule has 3 N–H and O–H groups in total. The first kappa shape index (κ1) is 19.1. The van der Waals surface area contributed by atoms with Crippen molar-refractivity contribution in [3.05, 3.63) is 35.6 Å². The van der Waals surface area contributed by atoms with Crippen LogP contribution in [0.1, 0.15) is 33.3 Å². The van der Waals surface area contributed by atoms with Crippen LogP contribution in [0.2, 0.25) is 0 Å². The fraction of sp³-hybridized carbons (Fsp3) is 0.533. The molecule has 3 nitrogen and oxygen atoms in total. The number of nitrogens with one attached hydrogen (secondary N) is 1. The van der Waals surface area contributed by atoms with Crippen LogP contribution in [0.4, 0.5) is 4.39 Å². The minimum atomic E-state index is -0.379. The maximum absolute atomic E-state index is 13.8. The Balaban J connectivity index is 0.00000361.